The molecule has 3 nitrogen and oxygen atoms in total. The molecule has 0 aliphatic heterocycles. The van der Waals surface area contributed by atoms with Crippen molar-refractivity contribution in [2.75, 3.05) is 11.9 Å². The van der Waals surface area contributed by atoms with Crippen LogP contribution in [0.15, 0.2) is 10.7 Å². The Morgan fingerprint density at radius 3 is 2.63 bits per heavy atom. The van der Waals surface area contributed by atoms with Crippen LogP contribution in [0.2, 0.25) is 0 Å². The van der Waals surface area contributed by atoms with Crippen LogP contribution in [0.3, 0.4) is 0 Å². The number of aromatic nitrogens is 2. The lowest BCUT2D eigenvalue weighted by atomic mass is 9.87. The highest BCUT2D eigenvalue weighted by Gasteiger charge is 2.27. The van der Waals surface area contributed by atoms with Crippen molar-refractivity contribution >= 4 is 21.7 Å². The molecular weight excluding hydrogens is 302 g/mol. The highest BCUT2D eigenvalue weighted by atomic mass is 79.9. The zero-order chi connectivity index (χ0) is 13.1. The second-order valence-electron chi connectivity index (χ2n) is 5.93. The number of hydrogen-bond acceptors (Lipinski definition) is 3. The fraction of sp³-hybridized carbons (Fsp3) is 0.733. The maximum atomic E-state index is 4.63. The Morgan fingerprint density at radius 2 is 1.89 bits per heavy atom. The second kappa shape index (κ2) is 6.21. The topological polar surface area (TPSA) is 37.8 Å². The Balaban J connectivity index is 1.51. The standard InChI is InChI=1S/C15H22BrN3/c16-13-10-14(19-15(18-13)12-6-7-12)17-9-8-11-4-2-1-3-5-11/h10-12H,1-9H2,(H,17,18,19). The third-order valence-corrected chi connectivity index (χ3v) is 4.64. The summed E-state index contributed by atoms with van der Waals surface area (Å²) in [6.07, 6.45) is 10.9. The highest BCUT2D eigenvalue weighted by molar-refractivity contribution is 9.10. The predicted molar refractivity (Wildman–Crippen MR) is 81.4 cm³/mol. The van der Waals surface area contributed by atoms with E-state index >= 15 is 0 Å². The van der Waals surface area contributed by atoms with Crippen molar-refractivity contribution < 1.29 is 0 Å². The van der Waals surface area contributed by atoms with Gasteiger partial charge in [0, 0.05) is 18.5 Å². The lowest BCUT2D eigenvalue weighted by Crippen LogP contribution is -2.13. The molecule has 0 radical (unpaired) electrons. The molecule has 104 valence electrons. The molecule has 4 heteroatoms. The van der Waals surface area contributed by atoms with Crippen LogP contribution < -0.4 is 5.32 Å². The van der Waals surface area contributed by atoms with Gasteiger partial charge in [0.25, 0.3) is 0 Å². The van der Waals surface area contributed by atoms with Gasteiger partial charge in [-0.2, -0.15) is 0 Å². The van der Waals surface area contributed by atoms with Crippen molar-refractivity contribution in [1.29, 1.82) is 0 Å². The van der Waals surface area contributed by atoms with Crippen LogP contribution in [0.5, 0.6) is 0 Å². The highest BCUT2D eigenvalue weighted by Crippen LogP contribution is 2.38. The van der Waals surface area contributed by atoms with Crippen LogP contribution in [0, 0.1) is 5.92 Å². The molecule has 2 aliphatic rings. The summed E-state index contributed by atoms with van der Waals surface area (Å²) >= 11 is 3.49. The lowest BCUT2D eigenvalue weighted by Gasteiger charge is -2.21. The number of nitrogens with one attached hydrogen (secondary N) is 1. The van der Waals surface area contributed by atoms with E-state index in [0.717, 1.165) is 28.7 Å². The third-order valence-electron chi connectivity index (χ3n) is 4.24. The van der Waals surface area contributed by atoms with Crippen molar-refractivity contribution in [3.8, 4) is 0 Å². The van der Waals surface area contributed by atoms with Gasteiger partial charge in [-0.15, -0.1) is 0 Å². The molecule has 1 aromatic rings. The summed E-state index contributed by atoms with van der Waals surface area (Å²) in [6, 6.07) is 1.99. The van der Waals surface area contributed by atoms with Crippen LogP contribution in [-0.2, 0) is 0 Å². The van der Waals surface area contributed by atoms with E-state index in [1.807, 2.05) is 6.07 Å². The van der Waals surface area contributed by atoms with Crippen molar-refractivity contribution in [2.45, 2.75) is 57.3 Å². The summed E-state index contributed by atoms with van der Waals surface area (Å²) in [7, 11) is 0. The van der Waals surface area contributed by atoms with Crippen molar-refractivity contribution in [3.63, 3.8) is 0 Å². The van der Waals surface area contributed by atoms with E-state index < -0.39 is 0 Å². The van der Waals surface area contributed by atoms with Gasteiger partial charge in [0.2, 0.25) is 0 Å². The van der Waals surface area contributed by atoms with Gasteiger partial charge in [-0.3, -0.25) is 0 Å². The van der Waals surface area contributed by atoms with Gasteiger partial charge >= 0.3 is 0 Å². The number of rotatable bonds is 5. The van der Waals surface area contributed by atoms with Gasteiger partial charge < -0.3 is 5.32 Å². The molecule has 0 atom stereocenters. The fourth-order valence-electron chi connectivity index (χ4n) is 2.93. The summed E-state index contributed by atoms with van der Waals surface area (Å²) in [6.45, 7) is 1.04. The molecule has 0 saturated heterocycles. The minimum absolute atomic E-state index is 0.608. The smallest absolute Gasteiger partial charge is 0.135 e. The van der Waals surface area contributed by atoms with Gasteiger partial charge in [-0.25, -0.2) is 9.97 Å². The van der Waals surface area contributed by atoms with E-state index in [1.165, 1.54) is 51.4 Å². The zero-order valence-electron chi connectivity index (χ0n) is 11.4. The van der Waals surface area contributed by atoms with Gasteiger partial charge in [-0.05, 0) is 41.1 Å². The monoisotopic (exact) mass is 323 g/mol. The first kappa shape index (κ1) is 13.3. The molecule has 2 fully saturated rings. The lowest BCUT2D eigenvalue weighted by molar-refractivity contribution is 0.345. The summed E-state index contributed by atoms with van der Waals surface area (Å²) < 4.78 is 0.907. The largest absolute Gasteiger partial charge is 0.370 e. The van der Waals surface area contributed by atoms with E-state index in [4.69, 9.17) is 0 Å². The molecule has 0 aromatic carbocycles. The first-order valence-electron chi connectivity index (χ1n) is 7.59. The van der Waals surface area contributed by atoms with Crippen LogP contribution in [0.4, 0.5) is 5.82 Å². The fourth-order valence-corrected chi connectivity index (χ4v) is 3.33. The minimum Gasteiger partial charge on any atom is -0.370 e. The van der Waals surface area contributed by atoms with Crippen LogP contribution in [0.25, 0.3) is 0 Å². The molecule has 0 spiro atoms. The molecule has 1 N–H and O–H groups in total. The molecule has 1 aromatic heterocycles. The Labute approximate surface area is 123 Å². The first-order valence-corrected chi connectivity index (χ1v) is 8.39. The molecule has 1 heterocycles. The van der Waals surface area contributed by atoms with Crippen molar-refractivity contribution in [2.24, 2.45) is 5.92 Å². The van der Waals surface area contributed by atoms with Crippen molar-refractivity contribution in [3.05, 3.63) is 16.5 Å². The zero-order valence-corrected chi connectivity index (χ0v) is 13.0. The number of anilines is 1. The number of hydrogen-bond donors (Lipinski definition) is 1. The number of nitrogens with zero attached hydrogens (tertiary/aromatic N) is 2. The van der Waals surface area contributed by atoms with Gasteiger partial charge in [0.15, 0.2) is 0 Å². The molecule has 0 bridgehead atoms. The van der Waals surface area contributed by atoms with Gasteiger partial charge in [0.05, 0.1) is 0 Å². The molecule has 2 aliphatic carbocycles. The Bertz CT molecular complexity index is 425. The van der Waals surface area contributed by atoms with Crippen LogP contribution >= 0.6 is 15.9 Å². The minimum atomic E-state index is 0.608. The van der Waals surface area contributed by atoms with E-state index in [9.17, 15) is 0 Å². The van der Waals surface area contributed by atoms with Gasteiger partial charge in [0.1, 0.15) is 16.2 Å². The van der Waals surface area contributed by atoms with E-state index in [2.05, 4.69) is 31.2 Å². The van der Waals surface area contributed by atoms with E-state index in [0.29, 0.717) is 5.92 Å². The van der Waals surface area contributed by atoms with Crippen LogP contribution in [-0.4, -0.2) is 16.5 Å². The molecule has 2 saturated carbocycles. The molecule has 0 amide bonds. The second-order valence-corrected chi connectivity index (χ2v) is 6.74. The summed E-state index contributed by atoms with van der Waals surface area (Å²) in [5, 5.41) is 3.47. The normalized spacial score (nSPS) is 20.5. The third kappa shape index (κ3) is 3.91. The van der Waals surface area contributed by atoms with Gasteiger partial charge in [-0.1, -0.05) is 32.1 Å². The van der Waals surface area contributed by atoms with Crippen LogP contribution in [0.1, 0.15) is 63.1 Å². The molecular formula is C15H22BrN3. The average Bonchev–Trinajstić information content (AvgIpc) is 3.24. The quantitative estimate of drug-likeness (QED) is 0.811. The van der Waals surface area contributed by atoms with Crippen molar-refractivity contribution in [1.82, 2.24) is 9.97 Å². The van der Waals surface area contributed by atoms with E-state index in [-0.39, 0.29) is 0 Å². The Hall–Kier alpha value is -0.640. The summed E-state index contributed by atoms with van der Waals surface area (Å²) in [5.41, 5.74) is 0. The average molecular weight is 324 g/mol. The van der Waals surface area contributed by atoms with E-state index in [1.54, 1.807) is 0 Å². The molecule has 19 heavy (non-hydrogen) atoms. The maximum absolute atomic E-state index is 4.63. The predicted octanol–water partition coefficient (Wildman–Crippen LogP) is 4.50. The number of halogens is 1. The maximum Gasteiger partial charge on any atom is 0.135 e. The SMILES string of the molecule is Brc1cc(NCCC2CCCCC2)nc(C2CC2)n1. The Kier molecular flexibility index (Phi) is 4.36. The first-order chi connectivity index (χ1) is 9.31. The Morgan fingerprint density at radius 1 is 1.11 bits per heavy atom. The molecule has 3 rings (SSSR count). The summed E-state index contributed by atoms with van der Waals surface area (Å²) in [4.78, 5) is 9.09. The molecule has 0 unspecified atom stereocenters. The summed E-state index contributed by atoms with van der Waals surface area (Å²) in [5.74, 6) is 3.53.